The molecule has 0 saturated heterocycles. The van der Waals surface area contributed by atoms with Gasteiger partial charge in [-0.05, 0) is 46.3 Å². The molecule has 1 N–H and O–H groups in total. The van der Waals surface area contributed by atoms with E-state index in [0.29, 0.717) is 5.69 Å². The third-order valence-electron chi connectivity index (χ3n) is 2.85. The van der Waals surface area contributed by atoms with Crippen LogP contribution in [0, 0.1) is 10.1 Å². The van der Waals surface area contributed by atoms with E-state index in [1.165, 1.54) is 42.6 Å². The molecule has 1 aromatic carbocycles. The van der Waals surface area contributed by atoms with E-state index in [4.69, 9.17) is 4.74 Å². The maximum absolute atomic E-state index is 11.8. The maximum atomic E-state index is 11.8. The molecule has 0 unspecified atom stereocenters. The van der Waals surface area contributed by atoms with Crippen LogP contribution in [0.4, 0.5) is 11.5 Å². The smallest absolute Gasteiger partial charge is 0.406 e. The van der Waals surface area contributed by atoms with Crippen molar-refractivity contribution in [2.24, 2.45) is 0 Å². The number of benzene rings is 1. The first kappa shape index (κ1) is 17.3. The summed E-state index contributed by atoms with van der Waals surface area (Å²) in [6.07, 6.45) is 2.32. The van der Waals surface area contributed by atoms with Gasteiger partial charge in [0, 0.05) is 11.9 Å². The largest absolute Gasteiger partial charge is 0.476 e. The molecule has 0 radical (unpaired) electrons. The maximum Gasteiger partial charge on any atom is 0.406 e. The summed E-state index contributed by atoms with van der Waals surface area (Å²) < 4.78 is 27.8. The van der Waals surface area contributed by atoms with E-state index in [1.807, 2.05) is 0 Å². The number of carbonyl (C=O) groups is 1. The fraction of sp³-hybridized carbons (Fsp3) is 0.143. The average Bonchev–Trinajstić information content (AvgIpc) is 2.53. The molecule has 0 spiro atoms. The molecular weight excluding hydrogens is 338 g/mol. The summed E-state index contributed by atoms with van der Waals surface area (Å²) in [5, 5.41) is 13.3. The molecule has 2 rings (SSSR count). The number of ether oxygens (including phenoxy) is 1. The lowest BCUT2D eigenvalue weighted by atomic mass is 10.3. The van der Waals surface area contributed by atoms with Crippen LogP contribution in [0.25, 0.3) is 0 Å². The van der Waals surface area contributed by atoms with Crippen molar-refractivity contribution >= 4 is 27.2 Å². The molecule has 1 heterocycles. The standard InChI is InChI=1S/C14H13N3O6S/c1-24(21,22)11-6-4-10(5-7-11)16-13(18)9-23-12-3-2-8-15-14(12)17(19)20/h2-8H,9H2,1H3,(H,16,18). The molecule has 24 heavy (non-hydrogen) atoms. The van der Waals surface area contributed by atoms with Gasteiger partial charge in [0.15, 0.2) is 16.4 Å². The molecule has 0 saturated carbocycles. The molecule has 9 nitrogen and oxygen atoms in total. The van der Waals surface area contributed by atoms with Crippen LogP contribution in [0.15, 0.2) is 47.5 Å². The van der Waals surface area contributed by atoms with Crippen LogP contribution >= 0.6 is 0 Å². The Morgan fingerprint density at radius 1 is 1.29 bits per heavy atom. The number of pyridine rings is 1. The molecule has 0 aliphatic heterocycles. The molecule has 0 aliphatic carbocycles. The van der Waals surface area contributed by atoms with Crippen molar-refractivity contribution in [2.75, 3.05) is 18.2 Å². The van der Waals surface area contributed by atoms with Crippen molar-refractivity contribution in [1.82, 2.24) is 4.98 Å². The Hall–Kier alpha value is -3.01. The van der Waals surface area contributed by atoms with Crippen LogP contribution < -0.4 is 10.1 Å². The van der Waals surface area contributed by atoms with Crippen LogP contribution in [-0.2, 0) is 14.6 Å². The van der Waals surface area contributed by atoms with Gasteiger partial charge in [0.05, 0.1) is 4.90 Å². The predicted octanol–water partition coefficient (Wildman–Crippen LogP) is 1.41. The van der Waals surface area contributed by atoms with E-state index in [0.717, 1.165) is 6.26 Å². The number of hydrogen-bond donors (Lipinski definition) is 1. The van der Waals surface area contributed by atoms with Crippen molar-refractivity contribution in [1.29, 1.82) is 0 Å². The number of nitrogens with one attached hydrogen (secondary N) is 1. The molecule has 0 aliphatic rings. The lowest BCUT2D eigenvalue weighted by Crippen LogP contribution is -2.20. The number of anilines is 1. The van der Waals surface area contributed by atoms with Gasteiger partial charge < -0.3 is 20.2 Å². The molecule has 1 amide bonds. The predicted molar refractivity (Wildman–Crippen MR) is 84.6 cm³/mol. The van der Waals surface area contributed by atoms with E-state index in [1.54, 1.807) is 0 Å². The summed E-state index contributed by atoms with van der Waals surface area (Å²) in [6, 6.07) is 8.36. The Morgan fingerprint density at radius 3 is 2.54 bits per heavy atom. The summed E-state index contributed by atoms with van der Waals surface area (Å²) in [7, 11) is -3.32. The highest BCUT2D eigenvalue weighted by Crippen LogP contribution is 2.22. The molecular formula is C14H13N3O6S. The number of sulfone groups is 1. The molecule has 0 fully saturated rings. The number of rotatable bonds is 6. The van der Waals surface area contributed by atoms with Gasteiger partial charge in [-0.1, -0.05) is 0 Å². The second-order valence-electron chi connectivity index (χ2n) is 4.72. The Kier molecular flexibility index (Phi) is 5.09. The SMILES string of the molecule is CS(=O)(=O)c1ccc(NC(=O)COc2cccnc2[N+](=O)[O-])cc1. The van der Waals surface area contributed by atoms with Gasteiger partial charge in [-0.2, -0.15) is 0 Å². The third kappa shape index (κ3) is 4.49. The van der Waals surface area contributed by atoms with Gasteiger partial charge in [0.25, 0.3) is 5.91 Å². The van der Waals surface area contributed by atoms with Crippen molar-refractivity contribution < 1.29 is 22.9 Å². The van der Waals surface area contributed by atoms with Gasteiger partial charge in [-0.15, -0.1) is 0 Å². The summed E-state index contributed by atoms with van der Waals surface area (Å²) >= 11 is 0. The van der Waals surface area contributed by atoms with E-state index >= 15 is 0 Å². The number of nitro groups is 1. The molecule has 0 atom stereocenters. The zero-order valence-corrected chi connectivity index (χ0v) is 13.3. The second-order valence-corrected chi connectivity index (χ2v) is 6.73. The number of carbonyl (C=O) groups excluding carboxylic acids is 1. The molecule has 0 bridgehead atoms. The Morgan fingerprint density at radius 2 is 1.96 bits per heavy atom. The number of nitrogens with zero attached hydrogens (tertiary/aromatic N) is 2. The first-order valence-corrected chi connectivity index (χ1v) is 8.48. The van der Waals surface area contributed by atoms with Gasteiger partial charge in [0.2, 0.25) is 5.75 Å². The highest BCUT2D eigenvalue weighted by molar-refractivity contribution is 7.90. The van der Waals surface area contributed by atoms with Gasteiger partial charge in [-0.25, -0.2) is 8.42 Å². The lowest BCUT2D eigenvalue weighted by Gasteiger charge is -2.08. The van der Waals surface area contributed by atoms with E-state index in [2.05, 4.69) is 10.3 Å². The van der Waals surface area contributed by atoms with Crippen LogP contribution in [0.1, 0.15) is 0 Å². The fourth-order valence-corrected chi connectivity index (χ4v) is 2.39. The van der Waals surface area contributed by atoms with Crippen LogP contribution in [0.3, 0.4) is 0 Å². The van der Waals surface area contributed by atoms with E-state index < -0.39 is 33.1 Å². The summed E-state index contributed by atoms with van der Waals surface area (Å²) in [5.41, 5.74) is 0.372. The number of aromatic nitrogens is 1. The van der Waals surface area contributed by atoms with Crippen molar-refractivity contribution in [2.45, 2.75) is 4.90 Å². The Labute approximate surface area is 137 Å². The molecule has 126 valence electrons. The Balaban J connectivity index is 1.98. The number of hydrogen-bond acceptors (Lipinski definition) is 7. The van der Waals surface area contributed by atoms with Crippen molar-refractivity contribution in [3.8, 4) is 5.75 Å². The van der Waals surface area contributed by atoms with Crippen molar-refractivity contribution in [3.05, 3.63) is 52.7 Å². The summed E-state index contributed by atoms with van der Waals surface area (Å²) in [6.45, 7) is -0.458. The minimum Gasteiger partial charge on any atom is -0.476 e. The van der Waals surface area contributed by atoms with Crippen LogP contribution in [-0.4, -0.2) is 37.1 Å². The molecule has 1 aromatic heterocycles. The second kappa shape index (κ2) is 7.04. The minimum absolute atomic E-state index is 0.120. The average molecular weight is 351 g/mol. The topological polar surface area (TPSA) is 128 Å². The van der Waals surface area contributed by atoms with Crippen LogP contribution in [0.5, 0.6) is 5.75 Å². The Bertz CT molecular complexity index is 864. The first-order chi connectivity index (χ1) is 11.3. The van der Waals surface area contributed by atoms with E-state index in [9.17, 15) is 23.3 Å². The van der Waals surface area contributed by atoms with Crippen molar-refractivity contribution in [3.63, 3.8) is 0 Å². The first-order valence-electron chi connectivity index (χ1n) is 6.59. The van der Waals surface area contributed by atoms with Gasteiger partial charge in [0.1, 0.15) is 6.20 Å². The number of amides is 1. The van der Waals surface area contributed by atoms with E-state index in [-0.39, 0.29) is 10.6 Å². The van der Waals surface area contributed by atoms with Gasteiger partial charge in [-0.3, -0.25) is 4.79 Å². The zero-order chi connectivity index (χ0) is 17.7. The lowest BCUT2D eigenvalue weighted by molar-refractivity contribution is -0.390. The minimum atomic E-state index is -3.32. The monoisotopic (exact) mass is 351 g/mol. The third-order valence-corrected chi connectivity index (χ3v) is 3.98. The zero-order valence-electron chi connectivity index (χ0n) is 12.5. The summed E-state index contributed by atoms with van der Waals surface area (Å²) in [5.74, 6) is -1.16. The van der Waals surface area contributed by atoms with Crippen LogP contribution in [0.2, 0.25) is 0 Å². The highest BCUT2D eigenvalue weighted by atomic mass is 32.2. The van der Waals surface area contributed by atoms with Gasteiger partial charge >= 0.3 is 5.82 Å². The quantitative estimate of drug-likeness (QED) is 0.615. The summed E-state index contributed by atoms with van der Waals surface area (Å²) in [4.78, 5) is 25.6. The highest BCUT2D eigenvalue weighted by Gasteiger charge is 2.16. The normalized spacial score (nSPS) is 10.9. The molecule has 2 aromatic rings. The molecule has 10 heteroatoms. The fourth-order valence-electron chi connectivity index (χ4n) is 1.76.